The molecule has 4 heteroatoms. The molecule has 4 N–H and O–H groups in total. The molecule has 16 heavy (non-hydrogen) atoms. The van der Waals surface area contributed by atoms with Crippen LogP contribution in [-0.4, -0.2) is 11.5 Å². The molecule has 0 aromatic heterocycles. The van der Waals surface area contributed by atoms with Crippen molar-refractivity contribution in [3.05, 3.63) is 54.0 Å². The molecule has 1 aliphatic heterocycles. The van der Waals surface area contributed by atoms with Crippen molar-refractivity contribution in [1.29, 1.82) is 0 Å². The number of allylic oxidation sites excluding steroid dienone is 1. The Morgan fingerprint density at radius 3 is 2.75 bits per heavy atom. The number of rotatable bonds is 2. The van der Waals surface area contributed by atoms with E-state index in [1.165, 1.54) is 0 Å². The normalized spacial score (nSPS) is 19.9. The first-order chi connectivity index (χ1) is 7.68. The molecule has 0 spiro atoms. The van der Waals surface area contributed by atoms with Gasteiger partial charge in [-0.1, -0.05) is 52.8 Å². The molecule has 0 fully saturated rings. The van der Waals surface area contributed by atoms with Crippen LogP contribution in [0.4, 0.5) is 0 Å². The van der Waals surface area contributed by atoms with Gasteiger partial charge in [-0.2, -0.15) is 0 Å². The Labute approximate surface area is 104 Å². The van der Waals surface area contributed by atoms with Crippen LogP contribution in [-0.2, 0) is 0 Å². The van der Waals surface area contributed by atoms with Crippen LogP contribution in [0.15, 0.2) is 48.4 Å². The third kappa shape index (κ3) is 2.22. The topological polar surface area (TPSA) is 50.1 Å². The molecule has 3 nitrogen and oxygen atoms in total. The summed E-state index contributed by atoms with van der Waals surface area (Å²) in [5, 5.41) is 6.39. The first-order valence-electron chi connectivity index (χ1n) is 5.07. The summed E-state index contributed by atoms with van der Waals surface area (Å²) in [5.41, 5.74) is 8.73. The second kappa shape index (κ2) is 4.61. The fourth-order valence-electron chi connectivity index (χ4n) is 1.61. The summed E-state index contributed by atoms with van der Waals surface area (Å²) < 4.78 is 0. The third-order valence-electron chi connectivity index (χ3n) is 2.47. The van der Waals surface area contributed by atoms with Crippen LogP contribution in [0.2, 0.25) is 0 Å². The van der Waals surface area contributed by atoms with Crippen molar-refractivity contribution in [2.45, 2.75) is 4.95 Å². The molecular weight excluding hydrogens is 266 g/mol. The maximum atomic E-state index is 5.90. The number of nitrogens with one attached hydrogen (secondary N) is 2. The molecule has 0 amide bonds. The molecule has 2 rings (SSSR count). The zero-order valence-corrected chi connectivity index (χ0v) is 10.4. The Balaban J connectivity index is 2.28. The standard InChI is InChI=1S/C12H14BrN3/c1-8(9-5-3-2-4-6-9)11-12(14)15-7-10(13)16-11/h2-6,10,15-16H,1,7,14H2. The molecule has 0 bridgehead atoms. The number of halogens is 1. The van der Waals surface area contributed by atoms with Crippen LogP contribution in [0.25, 0.3) is 5.57 Å². The fraction of sp³-hybridized carbons (Fsp3) is 0.167. The number of benzene rings is 1. The molecule has 0 saturated carbocycles. The lowest BCUT2D eigenvalue weighted by molar-refractivity contribution is 0.632. The first-order valence-corrected chi connectivity index (χ1v) is 5.99. The van der Waals surface area contributed by atoms with Gasteiger partial charge in [-0.05, 0) is 5.56 Å². The highest BCUT2D eigenvalue weighted by Gasteiger charge is 2.18. The Morgan fingerprint density at radius 2 is 2.06 bits per heavy atom. The average molecular weight is 280 g/mol. The maximum absolute atomic E-state index is 5.90. The van der Waals surface area contributed by atoms with E-state index in [-0.39, 0.29) is 4.95 Å². The van der Waals surface area contributed by atoms with Gasteiger partial charge >= 0.3 is 0 Å². The van der Waals surface area contributed by atoms with E-state index < -0.39 is 0 Å². The van der Waals surface area contributed by atoms with E-state index in [1.807, 2.05) is 30.3 Å². The van der Waals surface area contributed by atoms with Crippen molar-refractivity contribution in [3.63, 3.8) is 0 Å². The molecule has 0 radical (unpaired) electrons. The van der Waals surface area contributed by atoms with E-state index in [0.717, 1.165) is 23.4 Å². The number of nitrogens with two attached hydrogens (primary N) is 1. The Bertz CT molecular complexity index is 425. The highest BCUT2D eigenvalue weighted by molar-refractivity contribution is 9.09. The fourth-order valence-corrected chi connectivity index (χ4v) is 2.00. The van der Waals surface area contributed by atoms with Gasteiger partial charge in [0.1, 0.15) is 5.82 Å². The van der Waals surface area contributed by atoms with Gasteiger partial charge in [-0.25, -0.2) is 0 Å². The zero-order valence-electron chi connectivity index (χ0n) is 8.83. The van der Waals surface area contributed by atoms with Crippen LogP contribution in [0, 0.1) is 0 Å². The summed E-state index contributed by atoms with van der Waals surface area (Å²) in [6.07, 6.45) is 0. The molecule has 0 aliphatic carbocycles. The smallest absolute Gasteiger partial charge is 0.121 e. The Morgan fingerprint density at radius 1 is 1.38 bits per heavy atom. The minimum absolute atomic E-state index is 0.176. The zero-order chi connectivity index (χ0) is 11.5. The summed E-state index contributed by atoms with van der Waals surface area (Å²) in [6.45, 7) is 4.83. The lowest BCUT2D eigenvalue weighted by Crippen LogP contribution is -2.43. The number of hydrogen-bond acceptors (Lipinski definition) is 3. The van der Waals surface area contributed by atoms with Crippen LogP contribution in [0.1, 0.15) is 5.56 Å². The van der Waals surface area contributed by atoms with E-state index in [0.29, 0.717) is 5.82 Å². The first kappa shape index (κ1) is 11.1. The minimum Gasteiger partial charge on any atom is -0.384 e. The average Bonchev–Trinajstić information content (AvgIpc) is 2.32. The Hall–Kier alpha value is -1.42. The predicted molar refractivity (Wildman–Crippen MR) is 70.5 cm³/mol. The SMILES string of the molecule is C=C(C1=C(N)NCC(Br)N1)c1ccccc1. The second-order valence-electron chi connectivity index (χ2n) is 3.63. The van der Waals surface area contributed by atoms with Gasteiger partial charge < -0.3 is 16.4 Å². The number of hydrogen-bond donors (Lipinski definition) is 3. The molecule has 1 heterocycles. The van der Waals surface area contributed by atoms with Gasteiger partial charge in [0.25, 0.3) is 0 Å². The van der Waals surface area contributed by atoms with Crippen LogP contribution >= 0.6 is 15.9 Å². The summed E-state index contributed by atoms with van der Waals surface area (Å²) >= 11 is 3.49. The van der Waals surface area contributed by atoms with E-state index in [9.17, 15) is 0 Å². The van der Waals surface area contributed by atoms with Gasteiger partial charge in [0.05, 0.1) is 10.6 Å². The molecular formula is C12H14BrN3. The monoisotopic (exact) mass is 279 g/mol. The maximum Gasteiger partial charge on any atom is 0.121 e. The molecule has 1 aromatic carbocycles. The largest absolute Gasteiger partial charge is 0.384 e. The lowest BCUT2D eigenvalue weighted by Gasteiger charge is -2.26. The molecule has 1 aliphatic rings. The molecule has 1 atom stereocenters. The Kier molecular flexibility index (Phi) is 3.19. The number of alkyl halides is 1. The van der Waals surface area contributed by atoms with Crippen molar-refractivity contribution < 1.29 is 0 Å². The van der Waals surface area contributed by atoms with Crippen molar-refractivity contribution in [2.24, 2.45) is 5.73 Å². The van der Waals surface area contributed by atoms with Gasteiger partial charge in [0.15, 0.2) is 0 Å². The van der Waals surface area contributed by atoms with E-state index in [1.54, 1.807) is 0 Å². The van der Waals surface area contributed by atoms with Gasteiger partial charge in [0.2, 0.25) is 0 Å². The lowest BCUT2D eigenvalue weighted by atomic mass is 10.0. The van der Waals surface area contributed by atoms with Crippen molar-refractivity contribution >= 4 is 21.5 Å². The summed E-state index contributed by atoms with van der Waals surface area (Å²) in [4.78, 5) is 0.176. The highest BCUT2D eigenvalue weighted by atomic mass is 79.9. The molecule has 84 valence electrons. The van der Waals surface area contributed by atoms with Crippen LogP contribution in [0.5, 0.6) is 0 Å². The van der Waals surface area contributed by atoms with Gasteiger partial charge in [-0.3, -0.25) is 0 Å². The molecule has 1 aromatic rings. The van der Waals surface area contributed by atoms with Gasteiger partial charge in [0, 0.05) is 12.1 Å². The summed E-state index contributed by atoms with van der Waals surface area (Å²) in [5.74, 6) is 0.643. The summed E-state index contributed by atoms with van der Waals surface area (Å²) in [7, 11) is 0. The highest BCUT2D eigenvalue weighted by Crippen LogP contribution is 2.22. The third-order valence-corrected chi connectivity index (χ3v) is 3.02. The van der Waals surface area contributed by atoms with Gasteiger partial charge in [-0.15, -0.1) is 0 Å². The van der Waals surface area contributed by atoms with E-state index in [2.05, 4.69) is 33.1 Å². The molecule has 1 unspecified atom stereocenters. The minimum atomic E-state index is 0.176. The quantitative estimate of drug-likeness (QED) is 0.571. The van der Waals surface area contributed by atoms with Crippen molar-refractivity contribution in [1.82, 2.24) is 10.6 Å². The molecule has 0 saturated heterocycles. The van der Waals surface area contributed by atoms with Crippen LogP contribution in [0.3, 0.4) is 0 Å². The van der Waals surface area contributed by atoms with Crippen molar-refractivity contribution in [3.8, 4) is 0 Å². The van der Waals surface area contributed by atoms with Crippen LogP contribution < -0.4 is 16.4 Å². The van der Waals surface area contributed by atoms with Crippen molar-refractivity contribution in [2.75, 3.05) is 6.54 Å². The van der Waals surface area contributed by atoms with E-state index in [4.69, 9.17) is 5.73 Å². The summed E-state index contributed by atoms with van der Waals surface area (Å²) in [6, 6.07) is 9.98. The predicted octanol–water partition coefficient (Wildman–Crippen LogP) is 1.74. The van der Waals surface area contributed by atoms with E-state index >= 15 is 0 Å². The second-order valence-corrected chi connectivity index (χ2v) is 4.73.